The highest BCUT2D eigenvalue weighted by molar-refractivity contribution is 9.10. The molecule has 0 aliphatic heterocycles. The van der Waals surface area contributed by atoms with Crippen LogP contribution in [0.5, 0.6) is 5.75 Å². The largest absolute Gasteiger partial charge is 0.495 e. The van der Waals surface area contributed by atoms with Crippen molar-refractivity contribution in [2.24, 2.45) is 0 Å². The lowest BCUT2D eigenvalue weighted by Gasteiger charge is -2.12. The van der Waals surface area contributed by atoms with Gasteiger partial charge in [-0.25, -0.2) is 4.39 Å². The van der Waals surface area contributed by atoms with Crippen molar-refractivity contribution in [1.82, 2.24) is 0 Å². The Kier molecular flexibility index (Phi) is 4.43. The highest BCUT2D eigenvalue weighted by Gasteiger charge is 2.06. The molecule has 0 amide bonds. The van der Waals surface area contributed by atoms with Gasteiger partial charge in [0.15, 0.2) is 0 Å². The van der Waals surface area contributed by atoms with Crippen molar-refractivity contribution in [3.63, 3.8) is 0 Å². The summed E-state index contributed by atoms with van der Waals surface area (Å²) in [5.41, 5.74) is 2.51. The quantitative estimate of drug-likeness (QED) is 0.893. The Bertz CT molecular complexity index is 586. The van der Waals surface area contributed by atoms with Crippen molar-refractivity contribution in [2.45, 2.75) is 13.5 Å². The summed E-state index contributed by atoms with van der Waals surface area (Å²) in [6, 6.07) is 10.8. The molecular formula is C15H15BrFNO. The first-order valence-electron chi connectivity index (χ1n) is 5.92. The average molecular weight is 324 g/mol. The standard InChI is InChI=1S/C15H15BrFNO/c1-10-3-5-13(17)11(7-10)9-18-14-8-12(16)4-6-15(14)19-2/h3-8,18H,9H2,1-2H3. The van der Waals surface area contributed by atoms with E-state index in [1.165, 1.54) is 6.07 Å². The molecule has 0 saturated carbocycles. The summed E-state index contributed by atoms with van der Waals surface area (Å²) in [6.45, 7) is 2.36. The molecule has 0 atom stereocenters. The lowest BCUT2D eigenvalue weighted by atomic mass is 10.1. The summed E-state index contributed by atoms with van der Waals surface area (Å²) >= 11 is 3.41. The van der Waals surface area contributed by atoms with Gasteiger partial charge in [0.2, 0.25) is 0 Å². The number of hydrogen-bond donors (Lipinski definition) is 1. The highest BCUT2D eigenvalue weighted by atomic mass is 79.9. The van der Waals surface area contributed by atoms with Crippen LogP contribution in [0.2, 0.25) is 0 Å². The van der Waals surface area contributed by atoms with Crippen LogP contribution in [0.1, 0.15) is 11.1 Å². The van der Waals surface area contributed by atoms with Crippen LogP contribution < -0.4 is 10.1 Å². The van der Waals surface area contributed by atoms with Gasteiger partial charge in [-0.1, -0.05) is 33.6 Å². The molecule has 1 N–H and O–H groups in total. The van der Waals surface area contributed by atoms with Crippen molar-refractivity contribution in [3.8, 4) is 5.75 Å². The molecule has 4 heteroatoms. The maximum absolute atomic E-state index is 13.7. The zero-order valence-corrected chi connectivity index (χ0v) is 12.4. The smallest absolute Gasteiger partial charge is 0.142 e. The summed E-state index contributed by atoms with van der Waals surface area (Å²) in [5.74, 6) is 0.531. The van der Waals surface area contributed by atoms with Crippen LogP contribution in [0.15, 0.2) is 40.9 Å². The molecule has 0 radical (unpaired) electrons. The fraction of sp³-hybridized carbons (Fsp3) is 0.200. The second-order valence-electron chi connectivity index (χ2n) is 4.29. The molecule has 0 heterocycles. The molecule has 0 fully saturated rings. The third kappa shape index (κ3) is 3.47. The van der Waals surface area contributed by atoms with Crippen molar-refractivity contribution in [3.05, 3.63) is 57.8 Å². The minimum atomic E-state index is -0.202. The van der Waals surface area contributed by atoms with E-state index in [9.17, 15) is 4.39 Å². The van der Waals surface area contributed by atoms with Gasteiger partial charge in [-0.3, -0.25) is 0 Å². The van der Waals surface area contributed by atoms with E-state index in [1.54, 1.807) is 13.2 Å². The Labute approximate surface area is 120 Å². The molecule has 0 aliphatic carbocycles. The molecular weight excluding hydrogens is 309 g/mol. The summed E-state index contributed by atoms with van der Waals surface area (Å²) < 4.78 is 19.9. The van der Waals surface area contributed by atoms with E-state index < -0.39 is 0 Å². The Morgan fingerprint density at radius 2 is 2.00 bits per heavy atom. The van der Waals surface area contributed by atoms with Crippen molar-refractivity contribution < 1.29 is 9.13 Å². The topological polar surface area (TPSA) is 21.3 Å². The first kappa shape index (κ1) is 13.9. The minimum absolute atomic E-state index is 0.202. The monoisotopic (exact) mass is 323 g/mol. The second kappa shape index (κ2) is 6.06. The molecule has 0 aromatic heterocycles. The average Bonchev–Trinajstić information content (AvgIpc) is 2.40. The normalized spacial score (nSPS) is 10.3. The first-order chi connectivity index (χ1) is 9.10. The molecule has 2 aromatic rings. The van der Waals surface area contributed by atoms with Gasteiger partial charge in [0.1, 0.15) is 11.6 Å². The maximum atomic E-state index is 13.7. The molecule has 0 spiro atoms. The van der Waals surface area contributed by atoms with Crippen LogP contribution >= 0.6 is 15.9 Å². The number of halogens is 2. The number of benzene rings is 2. The molecule has 100 valence electrons. The van der Waals surface area contributed by atoms with E-state index in [1.807, 2.05) is 31.2 Å². The van der Waals surface area contributed by atoms with E-state index in [0.29, 0.717) is 12.1 Å². The summed E-state index contributed by atoms with van der Waals surface area (Å²) in [7, 11) is 1.61. The van der Waals surface area contributed by atoms with E-state index in [0.717, 1.165) is 21.5 Å². The van der Waals surface area contributed by atoms with E-state index in [4.69, 9.17) is 4.74 Å². The summed E-state index contributed by atoms with van der Waals surface area (Å²) in [5, 5.41) is 3.19. The Hall–Kier alpha value is -1.55. The molecule has 2 rings (SSSR count). The van der Waals surface area contributed by atoms with Gasteiger partial charge >= 0.3 is 0 Å². The number of ether oxygens (including phenoxy) is 1. The molecule has 2 aromatic carbocycles. The predicted molar refractivity (Wildman–Crippen MR) is 79.2 cm³/mol. The Balaban J connectivity index is 2.18. The summed E-state index contributed by atoms with van der Waals surface area (Å²) in [6.07, 6.45) is 0. The molecule has 0 bridgehead atoms. The summed E-state index contributed by atoms with van der Waals surface area (Å²) in [4.78, 5) is 0. The van der Waals surface area contributed by atoms with Gasteiger partial charge in [-0.2, -0.15) is 0 Å². The fourth-order valence-corrected chi connectivity index (χ4v) is 2.21. The molecule has 2 nitrogen and oxygen atoms in total. The van der Waals surface area contributed by atoms with Gasteiger partial charge in [0.25, 0.3) is 0 Å². The molecule has 19 heavy (non-hydrogen) atoms. The maximum Gasteiger partial charge on any atom is 0.142 e. The predicted octanol–water partition coefficient (Wildman–Crippen LogP) is 4.52. The third-order valence-corrected chi connectivity index (χ3v) is 3.33. The minimum Gasteiger partial charge on any atom is -0.495 e. The van der Waals surface area contributed by atoms with Gasteiger partial charge in [0, 0.05) is 16.6 Å². The number of aryl methyl sites for hydroxylation is 1. The van der Waals surface area contributed by atoms with Crippen LogP contribution in [0, 0.1) is 12.7 Å². The van der Waals surface area contributed by atoms with Crippen molar-refractivity contribution in [2.75, 3.05) is 12.4 Å². The van der Waals surface area contributed by atoms with Crippen LogP contribution in [-0.4, -0.2) is 7.11 Å². The highest BCUT2D eigenvalue weighted by Crippen LogP contribution is 2.28. The zero-order chi connectivity index (χ0) is 13.8. The number of hydrogen-bond acceptors (Lipinski definition) is 2. The van der Waals surface area contributed by atoms with Crippen molar-refractivity contribution in [1.29, 1.82) is 0 Å². The molecule has 0 saturated heterocycles. The van der Waals surface area contributed by atoms with Gasteiger partial charge in [-0.15, -0.1) is 0 Å². The molecule has 0 aliphatic rings. The second-order valence-corrected chi connectivity index (χ2v) is 5.21. The van der Waals surface area contributed by atoms with Crippen LogP contribution in [0.3, 0.4) is 0 Å². The van der Waals surface area contributed by atoms with Gasteiger partial charge < -0.3 is 10.1 Å². The lowest BCUT2D eigenvalue weighted by Crippen LogP contribution is -2.03. The third-order valence-electron chi connectivity index (χ3n) is 2.83. The van der Waals surface area contributed by atoms with Crippen LogP contribution in [-0.2, 0) is 6.54 Å². The molecule has 0 unspecified atom stereocenters. The Morgan fingerprint density at radius 1 is 1.21 bits per heavy atom. The van der Waals surface area contributed by atoms with Crippen LogP contribution in [0.4, 0.5) is 10.1 Å². The lowest BCUT2D eigenvalue weighted by molar-refractivity contribution is 0.416. The van der Waals surface area contributed by atoms with E-state index >= 15 is 0 Å². The Morgan fingerprint density at radius 3 is 2.74 bits per heavy atom. The van der Waals surface area contributed by atoms with E-state index in [-0.39, 0.29) is 5.82 Å². The first-order valence-corrected chi connectivity index (χ1v) is 6.72. The van der Waals surface area contributed by atoms with E-state index in [2.05, 4.69) is 21.2 Å². The number of anilines is 1. The number of nitrogens with one attached hydrogen (secondary N) is 1. The number of methoxy groups -OCH3 is 1. The van der Waals surface area contributed by atoms with Crippen LogP contribution in [0.25, 0.3) is 0 Å². The fourth-order valence-electron chi connectivity index (χ4n) is 1.85. The van der Waals surface area contributed by atoms with Crippen molar-refractivity contribution >= 4 is 21.6 Å². The SMILES string of the molecule is COc1ccc(Br)cc1NCc1cc(C)ccc1F. The zero-order valence-electron chi connectivity index (χ0n) is 10.8. The van der Waals surface area contributed by atoms with Gasteiger partial charge in [-0.05, 0) is 31.2 Å². The number of rotatable bonds is 4. The van der Waals surface area contributed by atoms with Gasteiger partial charge in [0.05, 0.1) is 12.8 Å².